The summed E-state index contributed by atoms with van der Waals surface area (Å²) >= 11 is 6.15. The Morgan fingerprint density at radius 1 is 1.32 bits per heavy atom. The highest BCUT2D eigenvalue weighted by Gasteiger charge is 2.35. The third kappa shape index (κ3) is 3.12. The molecule has 0 aliphatic carbocycles. The van der Waals surface area contributed by atoms with E-state index < -0.39 is 10.0 Å². The fourth-order valence-electron chi connectivity index (χ4n) is 2.51. The van der Waals surface area contributed by atoms with Gasteiger partial charge >= 0.3 is 0 Å². The molecule has 0 aromatic heterocycles. The highest BCUT2D eigenvalue weighted by atomic mass is 35.5. The van der Waals surface area contributed by atoms with Crippen molar-refractivity contribution in [2.45, 2.75) is 49.4 Å². The zero-order chi connectivity index (χ0) is 14.0. The third-order valence-corrected chi connectivity index (χ3v) is 6.06. The minimum Gasteiger partial charge on any atom is -0.207 e. The standard InChI is InChI=1S/C14H20ClNO2S/c1-3-13-10-12(15)8-9-16(13)19(17,18)14-6-4-11(2)5-7-14/h4-7,12-13H,3,8-10H2,1-2H3/t12-,13+/m1/s1. The van der Waals surface area contributed by atoms with Crippen LogP contribution in [0.15, 0.2) is 29.2 Å². The van der Waals surface area contributed by atoms with Gasteiger partial charge in [0.15, 0.2) is 0 Å². The molecule has 3 nitrogen and oxygen atoms in total. The van der Waals surface area contributed by atoms with Gasteiger partial charge in [0.2, 0.25) is 10.0 Å². The molecule has 2 rings (SSSR count). The van der Waals surface area contributed by atoms with Gasteiger partial charge in [-0.2, -0.15) is 4.31 Å². The lowest BCUT2D eigenvalue weighted by Gasteiger charge is -2.36. The molecular formula is C14H20ClNO2S. The molecule has 0 amide bonds. The molecule has 0 bridgehead atoms. The smallest absolute Gasteiger partial charge is 0.207 e. The van der Waals surface area contributed by atoms with Gasteiger partial charge in [0.05, 0.1) is 4.90 Å². The molecule has 1 aliphatic heterocycles. The van der Waals surface area contributed by atoms with E-state index in [0.29, 0.717) is 11.4 Å². The van der Waals surface area contributed by atoms with Crippen LogP contribution in [0.1, 0.15) is 31.7 Å². The summed E-state index contributed by atoms with van der Waals surface area (Å²) in [5.41, 5.74) is 1.06. The van der Waals surface area contributed by atoms with Crippen molar-refractivity contribution < 1.29 is 8.42 Å². The van der Waals surface area contributed by atoms with Crippen molar-refractivity contribution in [3.63, 3.8) is 0 Å². The molecule has 1 saturated heterocycles. The summed E-state index contributed by atoms with van der Waals surface area (Å²) in [4.78, 5) is 0.379. The number of sulfonamides is 1. The average Bonchev–Trinajstić information content (AvgIpc) is 2.38. The van der Waals surface area contributed by atoms with Gasteiger partial charge < -0.3 is 0 Å². The van der Waals surface area contributed by atoms with Crippen LogP contribution in [0.4, 0.5) is 0 Å². The maximum absolute atomic E-state index is 12.7. The maximum atomic E-state index is 12.7. The number of hydrogen-bond acceptors (Lipinski definition) is 2. The Bertz CT molecular complexity index is 527. The van der Waals surface area contributed by atoms with Crippen molar-refractivity contribution in [1.82, 2.24) is 4.31 Å². The van der Waals surface area contributed by atoms with Gasteiger partial charge in [-0.1, -0.05) is 24.6 Å². The Morgan fingerprint density at radius 3 is 2.53 bits per heavy atom. The molecule has 1 fully saturated rings. The SMILES string of the molecule is CC[C@H]1C[C@H](Cl)CCN1S(=O)(=O)c1ccc(C)cc1. The lowest BCUT2D eigenvalue weighted by molar-refractivity contribution is 0.250. The highest BCUT2D eigenvalue weighted by Crippen LogP contribution is 2.29. The van der Waals surface area contributed by atoms with Crippen LogP contribution in [0.2, 0.25) is 0 Å². The van der Waals surface area contributed by atoms with Crippen LogP contribution >= 0.6 is 11.6 Å². The lowest BCUT2D eigenvalue weighted by atomic mass is 10.0. The average molecular weight is 302 g/mol. The minimum absolute atomic E-state index is 0.0163. The molecule has 0 spiro atoms. The van der Waals surface area contributed by atoms with Crippen LogP contribution in [-0.4, -0.2) is 30.7 Å². The molecule has 0 saturated carbocycles. The van der Waals surface area contributed by atoms with E-state index in [-0.39, 0.29) is 11.4 Å². The van der Waals surface area contributed by atoms with Gasteiger partial charge in [0.1, 0.15) is 0 Å². The van der Waals surface area contributed by atoms with Crippen molar-refractivity contribution in [1.29, 1.82) is 0 Å². The Labute approximate surface area is 120 Å². The molecule has 0 unspecified atom stereocenters. The van der Waals surface area contributed by atoms with Crippen molar-refractivity contribution >= 4 is 21.6 Å². The van der Waals surface area contributed by atoms with Crippen LogP contribution in [-0.2, 0) is 10.0 Å². The first-order valence-electron chi connectivity index (χ1n) is 6.67. The van der Waals surface area contributed by atoms with E-state index in [2.05, 4.69) is 0 Å². The highest BCUT2D eigenvalue weighted by molar-refractivity contribution is 7.89. The van der Waals surface area contributed by atoms with Crippen molar-refractivity contribution in [2.24, 2.45) is 0 Å². The van der Waals surface area contributed by atoms with E-state index >= 15 is 0 Å². The number of aryl methyl sites for hydroxylation is 1. The molecule has 1 aromatic carbocycles. The van der Waals surface area contributed by atoms with Crippen molar-refractivity contribution in [2.75, 3.05) is 6.54 Å². The Balaban J connectivity index is 2.30. The third-order valence-electron chi connectivity index (χ3n) is 3.70. The summed E-state index contributed by atoms with van der Waals surface area (Å²) in [6, 6.07) is 7.06. The van der Waals surface area contributed by atoms with Crippen LogP contribution in [0.5, 0.6) is 0 Å². The predicted octanol–water partition coefficient (Wildman–Crippen LogP) is 3.17. The van der Waals surface area contributed by atoms with Gasteiger partial charge in [0.25, 0.3) is 0 Å². The fraction of sp³-hybridized carbons (Fsp3) is 0.571. The van der Waals surface area contributed by atoms with E-state index in [1.54, 1.807) is 16.4 Å². The predicted molar refractivity (Wildman–Crippen MR) is 78.0 cm³/mol. The second-order valence-electron chi connectivity index (χ2n) is 5.11. The summed E-state index contributed by atoms with van der Waals surface area (Å²) in [6.07, 6.45) is 2.26. The van der Waals surface area contributed by atoms with Gasteiger partial charge in [-0.3, -0.25) is 0 Å². The Morgan fingerprint density at radius 2 is 1.95 bits per heavy atom. The number of piperidine rings is 1. The molecule has 5 heteroatoms. The first-order chi connectivity index (χ1) is 8.95. The molecule has 2 atom stereocenters. The summed E-state index contributed by atoms with van der Waals surface area (Å²) in [6.45, 7) is 4.48. The Hall–Kier alpha value is -0.580. The van der Waals surface area contributed by atoms with Gasteiger partial charge in [0, 0.05) is 18.0 Å². The van der Waals surface area contributed by atoms with Crippen LogP contribution in [0, 0.1) is 6.92 Å². The second-order valence-corrected chi connectivity index (χ2v) is 7.62. The van der Waals surface area contributed by atoms with Crippen LogP contribution in [0.3, 0.4) is 0 Å². The van der Waals surface area contributed by atoms with Crippen LogP contribution in [0.25, 0.3) is 0 Å². The van der Waals surface area contributed by atoms with E-state index in [1.807, 2.05) is 26.0 Å². The zero-order valence-electron chi connectivity index (χ0n) is 11.3. The first kappa shape index (κ1) is 14.8. The number of benzene rings is 1. The maximum Gasteiger partial charge on any atom is 0.243 e. The minimum atomic E-state index is -3.39. The van der Waals surface area contributed by atoms with E-state index in [9.17, 15) is 8.42 Å². The van der Waals surface area contributed by atoms with E-state index in [1.165, 1.54) is 0 Å². The summed E-state index contributed by atoms with van der Waals surface area (Å²) in [7, 11) is -3.39. The van der Waals surface area contributed by atoms with Crippen molar-refractivity contribution in [3.05, 3.63) is 29.8 Å². The number of rotatable bonds is 3. The van der Waals surface area contributed by atoms with E-state index in [0.717, 1.165) is 24.8 Å². The second kappa shape index (κ2) is 5.81. The first-order valence-corrected chi connectivity index (χ1v) is 8.55. The van der Waals surface area contributed by atoms with Gasteiger partial charge in [-0.15, -0.1) is 11.6 Å². The summed E-state index contributed by atoms with van der Waals surface area (Å²) < 4.78 is 26.9. The summed E-state index contributed by atoms with van der Waals surface area (Å²) in [5.74, 6) is 0. The molecule has 1 aromatic rings. The van der Waals surface area contributed by atoms with Gasteiger partial charge in [-0.25, -0.2) is 8.42 Å². The number of nitrogens with zero attached hydrogens (tertiary/aromatic N) is 1. The topological polar surface area (TPSA) is 37.4 Å². The molecule has 1 heterocycles. The monoisotopic (exact) mass is 301 g/mol. The van der Waals surface area contributed by atoms with E-state index in [4.69, 9.17) is 11.6 Å². The normalized spacial score (nSPS) is 25.4. The number of halogens is 1. The summed E-state index contributed by atoms with van der Waals surface area (Å²) in [5, 5.41) is 0.0921. The molecular weight excluding hydrogens is 282 g/mol. The number of hydrogen-bond donors (Lipinski definition) is 0. The molecule has 106 valence electrons. The Kier molecular flexibility index (Phi) is 4.54. The molecule has 0 radical (unpaired) electrons. The molecule has 19 heavy (non-hydrogen) atoms. The number of alkyl halides is 1. The zero-order valence-corrected chi connectivity index (χ0v) is 12.9. The van der Waals surface area contributed by atoms with Gasteiger partial charge in [-0.05, 0) is 38.3 Å². The quantitative estimate of drug-likeness (QED) is 0.804. The van der Waals surface area contributed by atoms with Crippen LogP contribution < -0.4 is 0 Å². The fourth-order valence-corrected chi connectivity index (χ4v) is 4.54. The molecule has 1 aliphatic rings. The molecule has 0 N–H and O–H groups in total. The van der Waals surface area contributed by atoms with Crippen molar-refractivity contribution in [3.8, 4) is 0 Å². The largest absolute Gasteiger partial charge is 0.243 e. The lowest BCUT2D eigenvalue weighted by Crippen LogP contribution is -2.46.